The molecule has 4 heteroatoms. The lowest BCUT2D eigenvalue weighted by Gasteiger charge is -2.34. The minimum absolute atomic E-state index is 0.159. The molecule has 0 saturated carbocycles. The number of hydrogen-bond acceptors (Lipinski definition) is 4. The molecule has 1 aromatic rings. The Morgan fingerprint density at radius 2 is 2.00 bits per heavy atom. The molecule has 1 fully saturated rings. The van der Waals surface area contributed by atoms with E-state index in [2.05, 4.69) is 41.1 Å². The zero-order valence-electron chi connectivity index (χ0n) is 13.6. The van der Waals surface area contributed by atoms with Gasteiger partial charge in [-0.3, -0.25) is 4.90 Å². The van der Waals surface area contributed by atoms with Crippen molar-refractivity contribution in [1.29, 1.82) is 0 Å². The van der Waals surface area contributed by atoms with Crippen LogP contribution in [-0.2, 0) is 11.2 Å². The standard InChI is InChI=1S/C18H28N2O2/c1-19-9-11-20(12-10-19)13-16(21)14-22-18-8-4-6-15-5-2-3-7-17(15)18/h2-3,5,7,16,18,21H,4,6,8-14H2,1H3/t16-,18+/m0/s1. The van der Waals surface area contributed by atoms with E-state index in [1.165, 1.54) is 17.5 Å². The number of fused-ring (bicyclic) bond motifs is 1. The Bertz CT molecular complexity index is 472. The van der Waals surface area contributed by atoms with Gasteiger partial charge in [0.05, 0.1) is 18.8 Å². The molecule has 1 saturated heterocycles. The predicted molar refractivity (Wildman–Crippen MR) is 88.0 cm³/mol. The van der Waals surface area contributed by atoms with E-state index in [0.29, 0.717) is 6.61 Å². The number of aliphatic hydroxyl groups excluding tert-OH is 1. The van der Waals surface area contributed by atoms with E-state index in [0.717, 1.165) is 45.6 Å². The van der Waals surface area contributed by atoms with Gasteiger partial charge in [0.1, 0.15) is 0 Å². The molecule has 1 aliphatic carbocycles. The van der Waals surface area contributed by atoms with Crippen LogP contribution in [0, 0.1) is 0 Å². The highest BCUT2D eigenvalue weighted by Gasteiger charge is 2.22. The van der Waals surface area contributed by atoms with E-state index in [-0.39, 0.29) is 6.10 Å². The topological polar surface area (TPSA) is 35.9 Å². The lowest BCUT2D eigenvalue weighted by Crippen LogP contribution is -2.47. The van der Waals surface area contributed by atoms with Gasteiger partial charge in [-0.05, 0) is 37.4 Å². The van der Waals surface area contributed by atoms with Crippen LogP contribution in [-0.4, -0.2) is 67.4 Å². The molecular weight excluding hydrogens is 276 g/mol. The molecule has 0 spiro atoms. The van der Waals surface area contributed by atoms with Crippen LogP contribution in [0.1, 0.15) is 30.1 Å². The third-order valence-electron chi connectivity index (χ3n) is 4.87. The molecule has 1 N–H and O–H groups in total. The molecule has 4 nitrogen and oxygen atoms in total. The van der Waals surface area contributed by atoms with Crippen LogP contribution < -0.4 is 0 Å². The van der Waals surface area contributed by atoms with E-state index in [1.54, 1.807) is 0 Å². The third-order valence-corrected chi connectivity index (χ3v) is 4.87. The lowest BCUT2D eigenvalue weighted by molar-refractivity contribution is -0.0315. The molecule has 0 amide bonds. The van der Waals surface area contributed by atoms with Gasteiger partial charge in [0.25, 0.3) is 0 Å². The number of β-amino-alcohol motifs (C(OH)–C–C–N with tert-alkyl or cyclic N) is 1. The van der Waals surface area contributed by atoms with Gasteiger partial charge in [-0.1, -0.05) is 24.3 Å². The second-order valence-electron chi connectivity index (χ2n) is 6.67. The van der Waals surface area contributed by atoms with Crippen LogP contribution in [0.25, 0.3) is 0 Å². The Hall–Kier alpha value is -0.940. The van der Waals surface area contributed by atoms with Crippen molar-refractivity contribution in [3.05, 3.63) is 35.4 Å². The number of aliphatic hydroxyl groups is 1. The summed E-state index contributed by atoms with van der Waals surface area (Å²) in [6, 6.07) is 8.56. The maximum absolute atomic E-state index is 10.3. The molecule has 0 unspecified atom stereocenters. The number of likely N-dealkylation sites (N-methyl/N-ethyl adjacent to an activating group) is 1. The third kappa shape index (κ3) is 4.07. The Labute approximate surface area is 133 Å². The molecule has 122 valence electrons. The van der Waals surface area contributed by atoms with Gasteiger partial charge in [-0.2, -0.15) is 0 Å². The highest BCUT2D eigenvalue weighted by molar-refractivity contribution is 5.31. The normalized spacial score (nSPS) is 24.9. The van der Waals surface area contributed by atoms with Crippen molar-refractivity contribution >= 4 is 0 Å². The fraction of sp³-hybridized carbons (Fsp3) is 0.667. The fourth-order valence-electron chi connectivity index (χ4n) is 3.49. The van der Waals surface area contributed by atoms with Gasteiger partial charge in [0, 0.05) is 32.7 Å². The molecule has 3 rings (SSSR count). The van der Waals surface area contributed by atoms with E-state index >= 15 is 0 Å². The maximum atomic E-state index is 10.3. The summed E-state index contributed by atoms with van der Waals surface area (Å²) in [6.07, 6.45) is 3.17. The van der Waals surface area contributed by atoms with Crippen molar-refractivity contribution in [1.82, 2.24) is 9.80 Å². The van der Waals surface area contributed by atoms with Crippen molar-refractivity contribution in [3.8, 4) is 0 Å². The monoisotopic (exact) mass is 304 g/mol. The molecule has 2 atom stereocenters. The van der Waals surface area contributed by atoms with Crippen molar-refractivity contribution in [2.24, 2.45) is 0 Å². The summed E-state index contributed by atoms with van der Waals surface area (Å²) < 4.78 is 6.05. The van der Waals surface area contributed by atoms with E-state index in [9.17, 15) is 5.11 Å². The van der Waals surface area contributed by atoms with E-state index in [1.807, 2.05) is 0 Å². The average Bonchev–Trinajstić information content (AvgIpc) is 2.55. The molecular formula is C18H28N2O2. The van der Waals surface area contributed by atoms with Crippen LogP contribution in [0.5, 0.6) is 0 Å². The molecule has 2 aliphatic rings. The fourth-order valence-corrected chi connectivity index (χ4v) is 3.49. The number of aryl methyl sites for hydroxylation is 1. The van der Waals surface area contributed by atoms with Crippen molar-refractivity contribution in [2.75, 3.05) is 46.4 Å². The summed E-state index contributed by atoms with van der Waals surface area (Å²) >= 11 is 0. The smallest absolute Gasteiger partial charge is 0.0900 e. The van der Waals surface area contributed by atoms with Gasteiger partial charge in [-0.25, -0.2) is 0 Å². The average molecular weight is 304 g/mol. The Morgan fingerprint density at radius 3 is 2.82 bits per heavy atom. The first-order valence-corrected chi connectivity index (χ1v) is 8.51. The summed E-state index contributed by atoms with van der Waals surface area (Å²) in [5.74, 6) is 0. The highest BCUT2D eigenvalue weighted by Crippen LogP contribution is 2.32. The number of rotatable bonds is 5. The van der Waals surface area contributed by atoms with Gasteiger partial charge in [-0.15, -0.1) is 0 Å². The van der Waals surface area contributed by atoms with Crippen LogP contribution in [0.15, 0.2) is 24.3 Å². The summed E-state index contributed by atoms with van der Waals surface area (Å²) in [5, 5.41) is 10.3. The first-order chi connectivity index (χ1) is 10.7. The first kappa shape index (κ1) is 15.9. The van der Waals surface area contributed by atoms with Crippen LogP contribution in [0.2, 0.25) is 0 Å². The number of nitrogens with zero attached hydrogens (tertiary/aromatic N) is 2. The zero-order valence-corrected chi connectivity index (χ0v) is 13.6. The Balaban J connectivity index is 1.46. The maximum Gasteiger partial charge on any atom is 0.0900 e. The van der Waals surface area contributed by atoms with Gasteiger partial charge in [0.2, 0.25) is 0 Å². The summed E-state index contributed by atoms with van der Waals surface area (Å²) in [7, 11) is 2.15. The van der Waals surface area contributed by atoms with E-state index < -0.39 is 6.10 Å². The molecule has 1 heterocycles. The molecule has 0 bridgehead atoms. The van der Waals surface area contributed by atoms with Crippen LogP contribution in [0.4, 0.5) is 0 Å². The SMILES string of the molecule is CN1CCN(C[C@H](O)CO[C@@H]2CCCc3ccccc32)CC1. The summed E-state index contributed by atoms with van der Waals surface area (Å²) in [6.45, 7) is 5.42. The number of hydrogen-bond donors (Lipinski definition) is 1. The number of piperazine rings is 1. The zero-order chi connectivity index (χ0) is 15.4. The highest BCUT2D eigenvalue weighted by atomic mass is 16.5. The van der Waals surface area contributed by atoms with Gasteiger partial charge >= 0.3 is 0 Å². The summed E-state index contributed by atoms with van der Waals surface area (Å²) in [5.41, 5.74) is 2.73. The van der Waals surface area contributed by atoms with Crippen molar-refractivity contribution < 1.29 is 9.84 Å². The minimum Gasteiger partial charge on any atom is -0.389 e. The van der Waals surface area contributed by atoms with Crippen molar-refractivity contribution in [3.63, 3.8) is 0 Å². The predicted octanol–water partition coefficient (Wildman–Crippen LogP) is 1.69. The summed E-state index contributed by atoms with van der Waals surface area (Å²) in [4.78, 5) is 4.67. The van der Waals surface area contributed by atoms with Gasteiger partial charge in [0.15, 0.2) is 0 Å². The first-order valence-electron chi connectivity index (χ1n) is 8.51. The quantitative estimate of drug-likeness (QED) is 0.898. The molecule has 1 aliphatic heterocycles. The number of ether oxygens (including phenoxy) is 1. The van der Waals surface area contributed by atoms with Crippen molar-refractivity contribution in [2.45, 2.75) is 31.5 Å². The second-order valence-corrected chi connectivity index (χ2v) is 6.67. The van der Waals surface area contributed by atoms with E-state index in [4.69, 9.17) is 4.74 Å². The number of benzene rings is 1. The van der Waals surface area contributed by atoms with Crippen LogP contribution in [0.3, 0.4) is 0 Å². The second kappa shape index (κ2) is 7.55. The molecule has 0 aromatic heterocycles. The Kier molecular flexibility index (Phi) is 5.47. The Morgan fingerprint density at radius 1 is 1.23 bits per heavy atom. The molecule has 22 heavy (non-hydrogen) atoms. The van der Waals surface area contributed by atoms with Gasteiger partial charge < -0.3 is 14.7 Å². The minimum atomic E-state index is -0.391. The van der Waals surface area contributed by atoms with Crippen LogP contribution >= 0.6 is 0 Å². The lowest BCUT2D eigenvalue weighted by atomic mass is 9.89. The molecule has 1 aromatic carbocycles. The largest absolute Gasteiger partial charge is 0.389 e. The molecule has 0 radical (unpaired) electrons.